The van der Waals surface area contributed by atoms with Gasteiger partial charge >= 0.3 is 0 Å². The van der Waals surface area contributed by atoms with Gasteiger partial charge in [0.25, 0.3) is 0 Å². The summed E-state index contributed by atoms with van der Waals surface area (Å²) >= 11 is 1.55. The minimum absolute atomic E-state index is 0.0130. The van der Waals surface area contributed by atoms with Gasteiger partial charge in [-0.15, -0.1) is 10.2 Å². The molecule has 0 radical (unpaired) electrons. The maximum Gasteiger partial charge on any atom is 0.225 e. The zero-order chi connectivity index (χ0) is 16.2. The highest BCUT2D eigenvalue weighted by Gasteiger charge is 2.26. The van der Waals surface area contributed by atoms with Crippen LogP contribution in [0.5, 0.6) is 0 Å². The molecule has 0 saturated heterocycles. The third-order valence-corrected chi connectivity index (χ3v) is 4.57. The fourth-order valence-electron chi connectivity index (χ4n) is 2.19. The van der Waals surface area contributed by atoms with Gasteiger partial charge in [0.2, 0.25) is 5.91 Å². The second-order valence-corrected chi connectivity index (χ2v) is 6.59. The number of nitrogens with one attached hydrogen (secondary N) is 1. The second kappa shape index (κ2) is 6.95. The number of hydrogen-bond donors (Lipinski definition) is 1. The fourth-order valence-corrected chi connectivity index (χ4v) is 3.11. The molecule has 1 aliphatic rings. The van der Waals surface area contributed by atoms with Gasteiger partial charge in [0.15, 0.2) is 10.9 Å². The Hall–Kier alpha value is -2.15. The molecule has 1 aromatic carbocycles. The van der Waals surface area contributed by atoms with Gasteiger partial charge in [-0.25, -0.2) is 0 Å². The monoisotopic (exact) mass is 330 g/mol. The average molecular weight is 330 g/mol. The van der Waals surface area contributed by atoms with Crippen LogP contribution >= 0.6 is 11.8 Å². The molecule has 1 amide bonds. The van der Waals surface area contributed by atoms with E-state index in [9.17, 15) is 9.59 Å². The maximum atomic E-state index is 12.0. The molecule has 0 bridgehead atoms. The van der Waals surface area contributed by atoms with Crippen LogP contribution in [0.25, 0.3) is 0 Å². The Kier molecular flexibility index (Phi) is 4.76. The van der Waals surface area contributed by atoms with E-state index in [-0.39, 0.29) is 11.7 Å². The number of amides is 1. The number of thioether (sulfide) groups is 1. The number of carbonyl (C=O) groups is 2. The molecule has 1 aliphatic carbocycles. The summed E-state index contributed by atoms with van der Waals surface area (Å²) in [6.45, 7) is 1.52. The van der Waals surface area contributed by atoms with Gasteiger partial charge in [0.1, 0.15) is 6.33 Å². The van der Waals surface area contributed by atoms with Crippen molar-refractivity contribution in [1.29, 1.82) is 0 Å². The van der Waals surface area contributed by atoms with Crippen LogP contribution in [-0.4, -0.2) is 32.2 Å². The Morgan fingerprint density at radius 2 is 2.04 bits per heavy atom. The van der Waals surface area contributed by atoms with E-state index in [4.69, 9.17) is 0 Å². The van der Waals surface area contributed by atoms with E-state index < -0.39 is 0 Å². The quantitative estimate of drug-likeness (QED) is 0.624. The third-order valence-electron chi connectivity index (χ3n) is 3.62. The summed E-state index contributed by atoms with van der Waals surface area (Å²) in [6.07, 6.45) is 4.53. The molecule has 0 unspecified atom stereocenters. The standard InChI is InChI=1S/C16H18N4O2S/c1-11(21)12-2-4-13(5-3-12)18-15(22)8-9-23-16-19-17-10-20(16)14-6-7-14/h2-5,10,14H,6-9H2,1H3,(H,18,22). The molecule has 1 aromatic heterocycles. The Bertz CT molecular complexity index is 707. The van der Waals surface area contributed by atoms with Gasteiger partial charge in [-0.05, 0) is 44.0 Å². The van der Waals surface area contributed by atoms with Gasteiger partial charge in [-0.1, -0.05) is 11.8 Å². The first-order valence-electron chi connectivity index (χ1n) is 7.56. The zero-order valence-electron chi connectivity index (χ0n) is 12.9. The number of nitrogens with zero attached hydrogens (tertiary/aromatic N) is 3. The smallest absolute Gasteiger partial charge is 0.225 e. The summed E-state index contributed by atoms with van der Waals surface area (Å²) in [5.41, 5.74) is 1.34. The molecule has 120 valence electrons. The molecule has 0 atom stereocenters. The van der Waals surface area contributed by atoms with Crippen LogP contribution in [0.3, 0.4) is 0 Å². The molecule has 1 N–H and O–H groups in total. The highest BCUT2D eigenvalue weighted by molar-refractivity contribution is 7.99. The van der Waals surface area contributed by atoms with Crippen molar-refractivity contribution in [1.82, 2.24) is 14.8 Å². The van der Waals surface area contributed by atoms with Crippen molar-refractivity contribution in [2.75, 3.05) is 11.1 Å². The molecule has 23 heavy (non-hydrogen) atoms. The first kappa shape index (κ1) is 15.7. The van der Waals surface area contributed by atoms with E-state index in [0.29, 0.717) is 29.5 Å². The van der Waals surface area contributed by atoms with Crippen LogP contribution in [0, 0.1) is 0 Å². The van der Waals surface area contributed by atoms with Gasteiger partial charge in [-0.3, -0.25) is 9.59 Å². The van der Waals surface area contributed by atoms with Gasteiger partial charge in [0, 0.05) is 29.5 Å². The normalized spacial score (nSPS) is 13.8. The number of rotatable bonds is 7. The van der Waals surface area contributed by atoms with Gasteiger partial charge in [0.05, 0.1) is 0 Å². The summed E-state index contributed by atoms with van der Waals surface area (Å²) in [6, 6.07) is 7.45. The Balaban J connectivity index is 1.46. The molecular formula is C16H18N4O2S. The molecule has 2 aromatic rings. The number of ketones is 1. The van der Waals surface area contributed by atoms with E-state index in [1.54, 1.807) is 42.4 Å². The fraction of sp³-hybridized carbons (Fsp3) is 0.375. The van der Waals surface area contributed by atoms with Crippen LogP contribution < -0.4 is 5.32 Å². The van der Waals surface area contributed by atoms with Crippen LogP contribution in [0.2, 0.25) is 0 Å². The second-order valence-electron chi connectivity index (χ2n) is 5.53. The largest absolute Gasteiger partial charge is 0.326 e. The molecule has 1 fully saturated rings. The van der Waals surface area contributed by atoms with E-state index in [0.717, 1.165) is 5.16 Å². The molecule has 0 spiro atoms. The van der Waals surface area contributed by atoms with Crippen LogP contribution in [0.4, 0.5) is 5.69 Å². The molecular weight excluding hydrogens is 312 g/mol. The van der Waals surface area contributed by atoms with Crippen LogP contribution in [-0.2, 0) is 4.79 Å². The Labute approximate surface area is 138 Å². The van der Waals surface area contributed by atoms with Crippen LogP contribution in [0.1, 0.15) is 42.6 Å². The summed E-state index contributed by atoms with van der Waals surface area (Å²) in [4.78, 5) is 23.2. The van der Waals surface area contributed by atoms with Crippen molar-refractivity contribution in [3.8, 4) is 0 Å². The number of benzene rings is 1. The lowest BCUT2D eigenvalue weighted by molar-refractivity contribution is -0.115. The molecule has 3 rings (SSSR count). The first-order chi connectivity index (χ1) is 11.1. The number of aromatic nitrogens is 3. The summed E-state index contributed by atoms with van der Waals surface area (Å²) in [5, 5.41) is 11.7. The molecule has 6 nitrogen and oxygen atoms in total. The maximum absolute atomic E-state index is 12.0. The van der Waals surface area contributed by atoms with Crippen LogP contribution in [0.15, 0.2) is 35.7 Å². The number of carbonyl (C=O) groups excluding carboxylic acids is 2. The van der Waals surface area contributed by atoms with E-state index in [1.807, 2.05) is 0 Å². The van der Waals surface area contributed by atoms with E-state index in [1.165, 1.54) is 19.8 Å². The number of hydrogen-bond acceptors (Lipinski definition) is 5. The molecule has 1 heterocycles. The third kappa shape index (κ3) is 4.19. The predicted molar refractivity (Wildman–Crippen MR) is 88.7 cm³/mol. The number of anilines is 1. The summed E-state index contributed by atoms with van der Waals surface area (Å²) in [7, 11) is 0. The van der Waals surface area contributed by atoms with Gasteiger partial charge in [-0.2, -0.15) is 0 Å². The van der Waals surface area contributed by atoms with Crippen molar-refractivity contribution in [3.63, 3.8) is 0 Å². The Morgan fingerprint density at radius 1 is 1.30 bits per heavy atom. The highest BCUT2D eigenvalue weighted by Crippen LogP contribution is 2.37. The van der Waals surface area contributed by atoms with Crippen molar-refractivity contribution in [3.05, 3.63) is 36.2 Å². The van der Waals surface area contributed by atoms with E-state index in [2.05, 4.69) is 20.1 Å². The average Bonchev–Trinajstić information content (AvgIpc) is 3.27. The minimum Gasteiger partial charge on any atom is -0.326 e. The van der Waals surface area contributed by atoms with Crippen molar-refractivity contribution < 1.29 is 9.59 Å². The lowest BCUT2D eigenvalue weighted by atomic mass is 10.1. The first-order valence-corrected chi connectivity index (χ1v) is 8.55. The van der Waals surface area contributed by atoms with Crippen molar-refractivity contribution in [2.45, 2.75) is 37.4 Å². The SMILES string of the molecule is CC(=O)c1ccc(NC(=O)CCSc2nncn2C2CC2)cc1. The summed E-state index contributed by atoms with van der Waals surface area (Å²) in [5.74, 6) is 0.618. The number of Topliss-reactive ketones (excluding diaryl/α,β-unsaturated/α-hetero) is 1. The summed E-state index contributed by atoms with van der Waals surface area (Å²) < 4.78 is 2.09. The molecule has 1 saturated carbocycles. The molecule has 0 aliphatic heterocycles. The molecule has 7 heteroatoms. The van der Waals surface area contributed by atoms with Gasteiger partial charge < -0.3 is 9.88 Å². The highest BCUT2D eigenvalue weighted by atomic mass is 32.2. The van der Waals surface area contributed by atoms with Crippen molar-refractivity contribution in [2.24, 2.45) is 0 Å². The van der Waals surface area contributed by atoms with Crippen molar-refractivity contribution >= 4 is 29.1 Å². The lowest BCUT2D eigenvalue weighted by Crippen LogP contribution is -2.12. The topological polar surface area (TPSA) is 76.9 Å². The lowest BCUT2D eigenvalue weighted by Gasteiger charge is -2.06. The zero-order valence-corrected chi connectivity index (χ0v) is 13.7. The minimum atomic E-state index is -0.0504. The van der Waals surface area contributed by atoms with E-state index >= 15 is 0 Å². The Morgan fingerprint density at radius 3 is 2.70 bits per heavy atom. The predicted octanol–water partition coefficient (Wildman–Crippen LogP) is 2.94.